The maximum atomic E-state index is 4.80. The molecule has 0 amide bonds. The number of hydrogen-bond donors (Lipinski definition) is 0. The third kappa shape index (κ3) is 3.39. The van der Waals surface area contributed by atoms with E-state index in [2.05, 4.69) is 38.0 Å². The van der Waals surface area contributed by atoms with Crippen molar-refractivity contribution in [3.05, 3.63) is 0 Å². The van der Waals surface area contributed by atoms with E-state index < -0.39 is 0 Å². The third-order valence-corrected chi connectivity index (χ3v) is 4.50. The Balaban J connectivity index is 1.79. The predicted octanol–water partition coefficient (Wildman–Crippen LogP) is 2.68. The number of hydrogen-bond acceptors (Lipinski definition) is 1. The lowest BCUT2D eigenvalue weighted by Crippen LogP contribution is -2.35. The molecule has 0 spiro atoms. The lowest BCUT2D eigenvalue weighted by molar-refractivity contribution is 0.310. The molecule has 0 unspecified atom stereocenters. The number of rotatable bonds is 3. The molecule has 2 aliphatic carbocycles. The Morgan fingerprint density at radius 2 is 1.61 bits per heavy atom. The largest absolute Gasteiger partial charge is 0.349 e. The molecule has 2 fully saturated rings. The van der Waals surface area contributed by atoms with Crippen LogP contribution in [0.4, 0.5) is 0 Å². The van der Waals surface area contributed by atoms with Crippen LogP contribution in [0.3, 0.4) is 0 Å². The maximum absolute atomic E-state index is 4.80. The molecule has 0 radical (unpaired) electrons. The molecule has 2 atom stereocenters. The molecule has 0 saturated heterocycles. The van der Waals surface area contributed by atoms with Crippen LogP contribution in [0.1, 0.15) is 38.5 Å². The highest BCUT2D eigenvalue weighted by molar-refractivity contribution is 5.79. The van der Waals surface area contributed by atoms with E-state index in [-0.39, 0.29) is 0 Å². The minimum absolute atomic E-state index is 0.878. The standard InChI is InChI=1S/C15H29N3/c1-17(2)15(18(3)4)16-11-13-10-14(13)12-8-6-5-7-9-12/h12-14H,5-11H2,1-4H3/t13-,14-/m0/s1. The van der Waals surface area contributed by atoms with Crippen LogP contribution in [-0.4, -0.2) is 50.5 Å². The van der Waals surface area contributed by atoms with Gasteiger partial charge < -0.3 is 9.80 Å². The second kappa shape index (κ2) is 5.94. The molecule has 0 aromatic rings. The summed E-state index contributed by atoms with van der Waals surface area (Å²) in [6.45, 7) is 1.03. The Kier molecular flexibility index (Phi) is 4.52. The molecule has 3 heteroatoms. The van der Waals surface area contributed by atoms with Crippen LogP contribution >= 0.6 is 0 Å². The summed E-state index contributed by atoms with van der Waals surface area (Å²) in [5.41, 5.74) is 0. The first-order valence-corrected chi connectivity index (χ1v) is 7.48. The van der Waals surface area contributed by atoms with Gasteiger partial charge in [0.1, 0.15) is 0 Å². The first-order valence-electron chi connectivity index (χ1n) is 7.48. The van der Waals surface area contributed by atoms with Crippen LogP contribution in [0.25, 0.3) is 0 Å². The minimum Gasteiger partial charge on any atom is -0.349 e. The second-order valence-electron chi connectivity index (χ2n) is 6.49. The molecule has 2 aliphatic rings. The molecule has 0 N–H and O–H groups in total. The zero-order valence-corrected chi connectivity index (χ0v) is 12.5. The summed E-state index contributed by atoms with van der Waals surface area (Å²) in [7, 11) is 8.30. The van der Waals surface area contributed by atoms with Gasteiger partial charge in [-0.2, -0.15) is 0 Å². The zero-order chi connectivity index (χ0) is 13.1. The predicted molar refractivity (Wildman–Crippen MR) is 77.8 cm³/mol. The summed E-state index contributed by atoms with van der Waals surface area (Å²) in [6.07, 6.45) is 8.81. The Hall–Kier alpha value is -0.730. The molecule has 0 bridgehead atoms. The molecule has 0 heterocycles. The van der Waals surface area contributed by atoms with Gasteiger partial charge >= 0.3 is 0 Å². The maximum Gasteiger partial charge on any atom is 0.195 e. The fraction of sp³-hybridized carbons (Fsp3) is 0.933. The van der Waals surface area contributed by atoms with E-state index in [0.29, 0.717) is 0 Å². The highest BCUT2D eigenvalue weighted by Gasteiger charge is 2.42. The highest BCUT2D eigenvalue weighted by atomic mass is 15.3. The van der Waals surface area contributed by atoms with Crippen LogP contribution in [0.5, 0.6) is 0 Å². The first-order chi connectivity index (χ1) is 8.59. The smallest absolute Gasteiger partial charge is 0.195 e. The molecule has 0 aromatic heterocycles. The van der Waals surface area contributed by atoms with Crippen LogP contribution in [0, 0.1) is 17.8 Å². The van der Waals surface area contributed by atoms with Gasteiger partial charge in [-0.15, -0.1) is 0 Å². The van der Waals surface area contributed by atoms with Gasteiger partial charge in [0.15, 0.2) is 5.96 Å². The normalized spacial score (nSPS) is 27.8. The third-order valence-electron chi connectivity index (χ3n) is 4.50. The van der Waals surface area contributed by atoms with Crippen molar-refractivity contribution in [3.63, 3.8) is 0 Å². The van der Waals surface area contributed by atoms with Crippen LogP contribution < -0.4 is 0 Å². The van der Waals surface area contributed by atoms with E-state index in [9.17, 15) is 0 Å². The van der Waals surface area contributed by atoms with Crippen molar-refractivity contribution in [1.82, 2.24) is 9.80 Å². The molecule has 3 nitrogen and oxygen atoms in total. The Morgan fingerprint density at radius 3 is 2.17 bits per heavy atom. The van der Waals surface area contributed by atoms with Gasteiger partial charge in [-0.05, 0) is 24.2 Å². The highest BCUT2D eigenvalue weighted by Crippen LogP contribution is 2.49. The van der Waals surface area contributed by atoms with E-state index >= 15 is 0 Å². The van der Waals surface area contributed by atoms with Crippen LogP contribution in [-0.2, 0) is 0 Å². The first kappa shape index (κ1) is 13.7. The molecule has 104 valence electrons. The van der Waals surface area contributed by atoms with E-state index in [1.807, 2.05) is 0 Å². The minimum atomic E-state index is 0.878. The number of aliphatic imine (C=N–C) groups is 1. The fourth-order valence-corrected chi connectivity index (χ4v) is 3.50. The summed E-state index contributed by atoms with van der Waals surface area (Å²) in [4.78, 5) is 9.02. The Bertz CT molecular complexity index is 280. The van der Waals surface area contributed by atoms with Crippen molar-refractivity contribution in [2.75, 3.05) is 34.7 Å². The summed E-state index contributed by atoms with van der Waals surface area (Å²) < 4.78 is 0. The van der Waals surface area contributed by atoms with Crippen molar-refractivity contribution < 1.29 is 0 Å². The van der Waals surface area contributed by atoms with Crippen molar-refractivity contribution in [1.29, 1.82) is 0 Å². The lowest BCUT2D eigenvalue weighted by atomic mass is 9.85. The van der Waals surface area contributed by atoms with Crippen LogP contribution in [0.2, 0.25) is 0 Å². The van der Waals surface area contributed by atoms with Gasteiger partial charge in [-0.1, -0.05) is 32.1 Å². The van der Waals surface area contributed by atoms with Gasteiger partial charge in [0, 0.05) is 34.7 Å². The van der Waals surface area contributed by atoms with Gasteiger partial charge in [-0.3, -0.25) is 4.99 Å². The summed E-state index contributed by atoms with van der Waals surface area (Å²) >= 11 is 0. The van der Waals surface area contributed by atoms with E-state index in [4.69, 9.17) is 4.99 Å². The quantitative estimate of drug-likeness (QED) is 0.567. The van der Waals surface area contributed by atoms with Gasteiger partial charge in [-0.25, -0.2) is 0 Å². The number of nitrogens with zero attached hydrogens (tertiary/aromatic N) is 3. The van der Waals surface area contributed by atoms with Crippen molar-refractivity contribution in [2.45, 2.75) is 38.5 Å². The van der Waals surface area contributed by atoms with E-state index in [0.717, 1.165) is 30.3 Å². The second-order valence-corrected chi connectivity index (χ2v) is 6.49. The Morgan fingerprint density at radius 1 is 1.00 bits per heavy atom. The summed E-state index contributed by atoms with van der Waals surface area (Å²) in [5.74, 6) is 4.01. The average molecular weight is 251 g/mol. The Labute approximate surface area is 112 Å². The molecule has 2 rings (SSSR count). The zero-order valence-electron chi connectivity index (χ0n) is 12.5. The van der Waals surface area contributed by atoms with Crippen molar-refractivity contribution in [3.8, 4) is 0 Å². The molecule has 0 aromatic carbocycles. The number of guanidine groups is 1. The topological polar surface area (TPSA) is 18.8 Å². The molecular formula is C15H29N3. The summed E-state index contributed by atoms with van der Waals surface area (Å²) in [5, 5.41) is 0. The van der Waals surface area contributed by atoms with E-state index in [1.54, 1.807) is 0 Å². The monoisotopic (exact) mass is 251 g/mol. The molecule has 0 aliphatic heterocycles. The fourth-order valence-electron chi connectivity index (χ4n) is 3.50. The van der Waals surface area contributed by atoms with Gasteiger partial charge in [0.2, 0.25) is 0 Å². The van der Waals surface area contributed by atoms with Gasteiger partial charge in [0.25, 0.3) is 0 Å². The van der Waals surface area contributed by atoms with Crippen LogP contribution in [0.15, 0.2) is 4.99 Å². The lowest BCUT2D eigenvalue weighted by Gasteiger charge is -2.23. The molecule has 2 saturated carbocycles. The van der Waals surface area contributed by atoms with Gasteiger partial charge in [0.05, 0.1) is 0 Å². The average Bonchev–Trinajstić information content (AvgIpc) is 3.09. The molecular weight excluding hydrogens is 222 g/mol. The SMILES string of the molecule is CN(C)C(=NC[C@@H]1C[C@H]1C1CCCCC1)N(C)C. The summed E-state index contributed by atoms with van der Waals surface area (Å²) in [6, 6.07) is 0. The van der Waals surface area contributed by atoms with Crippen molar-refractivity contribution >= 4 is 5.96 Å². The van der Waals surface area contributed by atoms with E-state index in [1.165, 1.54) is 38.5 Å². The molecule has 18 heavy (non-hydrogen) atoms. The van der Waals surface area contributed by atoms with Crippen molar-refractivity contribution in [2.24, 2.45) is 22.7 Å².